The number of nitrogens with zero attached hydrogens (tertiary/aromatic N) is 3. The maximum Gasteiger partial charge on any atom is 0.250 e. The second kappa shape index (κ2) is 4.30. The molecule has 0 aliphatic carbocycles. The fraction of sp³-hybridized carbons (Fsp3) is 0.364. The van der Waals surface area contributed by atoms with E-state index in [9.17, 15) is 4.79 Å². The molecule has 0 spiro atoms. The molecule has 0 amide bonds. The molecule has 0 N–H and O–H groups in total. The predicted molar refractivity (Wildman–Crippen MR) is 58.2 cm³/mol. The Morgan fingerprint density at radius 2 is 2.25 bits per heavy atom. The van der Waals surface area contributed by atoms with Gasteiger partial charge in [0.05, 0.1) is 0 Å². The second-order valence-corrected chi connectivity index (χ2v) is 3.87. The summed E-state index contributed by atoms with van der Waals surface area (Å²) in [5.74, 6) is 1.35. The van der Waals surface area contributed by atoms with E-state index >= 15 is 0 Å². The van der Waals surface area contributed by atoms with Crippen molar-refractivity contribution in [3.8, 4) is 0 Å². The van der Waals surface area contributed by atoms with Crippen LogP contribution in [0.3, 0.4) is 0 Å². The topological polar surface area (TPSA) is 60.9 Å². The highest BCUT2D eigenvalue weighted by Crippen LogP contribution is 2.09. The van der Waals surface area contributed by atoms with Crippen LogP contribution in [-0.2, 0) is 6.54 Å². The minimum atomic E-state index is -0.0770. The van der Waals surface area contributed by atoms with Gasteiger partial charge in [0.15, 0.2) is 5.82 Å². The lowest BCUT2D eigenvalue weighted by Crippen LogP contribution is -2.18. The van der Waals surface area contributed by atoms with E-state index in [0.717, 1.165) is 0 Å². The Labute approximate surface area is 92.7 Å². The van der Waals surface area contributed by atoms with Gasteiger partial charge >= 0.3 is 0 Å². The van der Waals surface area contributed by atoms with Crippen LogP contribution in [0.15, 0.2) is 33.7 Å². The minimum Gasteiger partial charge on any atom is -0.337 e. The lowest BCUT2D eigenvalue weighted by atomic mass is 10.2. The average molecular weight is 219 g/mol. The van der Waals surface area contributed by atoms with Gasteiger partial charge in [-0.15, -0.1) is 0 Å². The van der Waals surface area contributed by atoms with Crippen molar-refractivity contribution in [3.63, 3.8) is 0 Å². The van der Waals surface area contributed by atoms with Gasteiger partial charge in [-0.3, -0.25) is 4.79 Å². The first-order valence-electron chi connectivity index (χ1n) is 5.15. The zero-order valence-corrected chi connectivity index (χ0v) is 9.25. The van der Waals surface area contributed by atoms with Crippen LogP contribution in [0.4, 0.5) is 0 Å². The highest BCUT2D eigenvalue weighted by molar-refractivity contribution is 4.97. The highest BCUT2D eigenvalue weighted by Gasteiger charge is 2.09. The van der Waals surface area contributed by atoms with Crippen LogP contribution >= 0.6 is 0 Å². The summed E-state index contributed by atoms with van der Waals surface area (Å²) in [5.41, 5.74) is -0.0770. The maximum atomic E-state index is 11.4. The van der Waals surface area contributed by atoms with E-state index in [4.69, 9.17) is 4.52 Å². The molecule has 0 unspecified atom stereocenters. The zero-order chi connectivity index (χ0) is 11.5. The molecule has 0 fully saturated rings. The largest absolute Gasteiger partial charge is 0.337 e. The van der Waals surface area contributed by atoms with Crippen molar-refractivity contribution in [2.24, 2.45) is 0 Å². The first kappa shape index (κ1) is 10.6. The van der Waals surface area contributed by atoms with Gasteiger partial charge in [0.1, 0.15) is 6.54 Å². The summed E-state index contributed by atoms with van der Waals surface area (Å²) in [4.78, 5) is 15.6. The second-order valence-electron chi connectivity index (χ2n) is 3.87. The molecule has 0 atom stereocenters. The molecule has 0 saturated heterocycles. The maximum absolute atomic E-state index is 11.4. The van der Waals surface area contributed by atoms with Gasteiger partial charge in [-0.05, 0) is 6.07 Å². The Morgan fingerprint density at radius 1 is 1.44 bits per heavy atom. The van der Waals surface area contributed by atoms with Crippen LogP contribution in [-0.4, -0.2) is 14.7 Å². The van der Waals surface area contributed by atoms with Crippen LogP contribution in [0.25, 0.3) is 0 Å². The molecule has 0 radical (unpaired) electrons. The van der Waals surface area contributed by atoms with Crippen LogP contribution in [0.2, 0.25) is 0 Å². The fourth-order valence-corrected chi connectivity index (χ4v) is 1.30. The quantitative estimate of drug-likeness (QED) is 0.782. The standard InChI is InChI=1S/C11H13N3O2/c1-8(2)11-12-9(16-13-11)7-14-6-4-3-5-10(14)15/h3-6,8H,7H2,1-2H3. The van der Waals surface area contributed by atoms with Crippen LogP contribution in [0.5, 0.6) is 0 Å². The lowest BCUT2D eigenvalue weighted by Gasteiger charge is -1.99. The molecule has 0 aliphatic rings. The smallest absolute Gasteiger partial charge is 0.250 e. The van der Waals surface area contributed by atoms with Crippen molar-refractivity contribution >= 4 is 0 Å². The summed E-state index contributed by atoms with van der Waals surface area (Å²) in [6.07, 6.45) is 1.70. The molecule has 16 heavy (non-hydrogen) atoms. The van der Waals surface area contributed by atoms with Crippen molar-refractivity contribution in [2.75, 3.05) is 0 Å². The van der Waals surface area contributed by atoms with E-state index in [0.29, 0.717) is 18.3 Å². The van der Waals surface area contributed by atoms with Gasteiger partial charge in [-0.25, -0.2) is 0 Å². The van der Waals surface area contributed by atoms with Gasteiger partial charge in [-0.2, -0.15) is 4.98 Å². The average Bonchev–Trinajstić information content (AvgIpc) is 2.70. The van der Waals surface area contributed by atoms with Crippen LogP contribution < -0.4 is 5.56 Å². The SMILES string of the molecule is CC(C)c1noc(Cn2ccccc2=O)n1. The monoisotopic (exact) mass is 219 g/mol. The number of hydrogen-bond acceptors (Lipinski definition) is 4. The Balaban J connectivity index is 2.21. The van der Waals surface area contributed by atoms with Gasteiger partial charge in [0, 0.05) is 18.2 Å². The summed E-state index contributed by atoms with van der Waals surface area (Å²) in [6.45, 7) is 4.30. The van der Waals surface area contributed by atoms with E-state index in [1.165, 1.54) is 10.6 Å². The van der Waals surface area contributed by atoms with E-state index in [1.807, 2.05) is 13.8 Å². The van der Waals surface area contributed by atoms with Gasteiger partial charge in [0.2, 0.25) is 5.89 Å². The molecule has 5 nitrogen and oxygen atoms in total. The Hall–Kier alpha value is -1.91. The molecule has 2 aromatic heterocycles. The minimum absolute atomic E-state index is 0.0770. The Morgan fingerprint density at radius 3 is 2.88 bits per heavy atom. The molecule has 2 heterocycles. The van der Waals surface area contributed by atoms with Gasteiger partial charge < -0.3 is 9.09 Å². The first-order chi connectivity index (χ1) is 7.66. The van der Waals surface area contributed by atoms with Crippen molar-refractivity contribution in [3.05, 3.63) is 46.5 Å². The number of rotatable bonds is 3. The van der Waals surface area contributed by atoms with Crippen molar-refractivity contribution in [2.45, 2.75) is 26.3 Å². The van der Waals surface area contributed by atoms with Crippen molar-refractivity contribution in [1.29, 1.82) is 0 Å². The zero-order valence-electron chi connectivity index (χ0n) is 9.25. The first-order valence-corrected chi connectivity index (χ1v) is 5.15. The molecule has 2 rings (SSSR count). The summed E-state index contributed by atoms with van der Waals surface area (Å²) in [7, 11) is 0. The highest BCUT2D eigenvalue weighted by atomic mass is 16.5. The molecule has 0 saturated carbocycles. The van der Waals surface area contributed by atoms with E-state index in [2.05, 4.69) is 10.1 Å². The summed E-state index contributed by atoms with van der Waals surface area (Å²) in [6, 6.07) is 4.99. The Kier molecular flexibility index (Phi) is 2.85. The van der Waals surface area contributed by atoms with Gasteiger partial charge in [-0.1, -0.05) is 25.1 Å². The molecule has 0 aromatic carbocycles. The third-order valence-corrected chi connectivity index (χ3v) is 2.20. The number of pyridine rings is 1. The van der Waals surface area contributed by atoms with Crippen LogP contribution in [0.1, 0.15) is 31.5 Å². The van der Waals surface area contributed by atoms with Crippen molar-refractivity contribution in [1.82, 2.24) is 14.7 Å². The molecule has 0 bridgehead atoms. The number of aromatic nitrogens is 3. The van der Waals surface area contributed by atoms with Crippen LogP contribution in [0, 0.1) is 0 Å². The lowest BCUT2D eigenvalue weighted by molar-refractivity contribution is 0.363. The molecular formula is C11H13N3O2. The predicted octanol–water partition coefficient (Wildman–Crippen LogP) is 1.40. The summed E-state index contributed by atoms with van der Waals surface area (Å²) >= 11 is 0. The molecular weight excluding hydrogens is 206 g/mol. The Bertz CT molecular complexity index is 528. The van der Waals surface area contributed by atoms with Crippen molar-refractivity contribution < 1.29 is 4.52 Å². The molecule has 2 aromatic rings. The summed E-state index contributed by atoms with van der Waals surface area (Å²) < 4.78 is 6.59. The molecule has 84 valence electrons. The third-order valence-electron chi connectivity index (χ3n) is 2.20. The molecule has 0 aliphatic heterocycles. The molecule has 5 heteroatoms. The number of hydrogen-bond donors (Lipinski definition) is 0. The fourth-order valence-electron chi connectivity index (χ4n) is 1.30. The van der Waals surface area contributed by atoms with E-state index in [-0.39, 0.29) is 11.5 Å². The van der Waals surface area contributed by atoms with E-state index < -0.39 is 0 Å². The third kappa shape index (κ3) is 2.18. The van der Waals surface area contributed by atoms with E-state index in [1.54, 1.807) is 18.3 Å². The normalized spacial score (nSPS) is 10.9. The van der Waals surface area contributed by atoms with Gasteiger partial charge in [0.25, 0.3) is 5.56 Å². The summed E-state index contributed by atoms with van der Waals surface area (Å²) in [5, 5.41) is 3.84.